The highest BCUT2D eigenvalue weighted by Crippen LogP contribution is 2.26. The van der Waals surface area contributed by atoms with Gasteiger partial charge in [-0.25, -0.2) is 0 Å². The minimum Gasteiger partial charge on any atom is -0.334 e. The molecule has 0 unspecified atom stereocenters. The van der Waals surface area contributed by atoms with Gasteiger partial charge in [0.15, 0.2) is 0 Å². The van der Waals surface area contributed by atoms with Gasteiger partial charge in [0.1, 0.15) is 0 Å². The van der Waals surface area contributed by atoms with Crippen LogP contribution in [0.2, 0.25) is 0 Å². The van der Waals surface area contributed by atoms with Crippen LogP contribution in [-0.4, -0.2) is 51.7 Å². The second-order valence-electron chi connectivity index (χ2n) is 4.55. The zero-order valence-corrected chi connectivity index (χ0v) is 10.9. The molecule has 0 radical (unpaired) electrons. The van der Waals surface area contributed by atoms with E-state index >= 15 is 0 Å². The first-order valence-corrected chi connectivity index (χ1v) is 6.98. The first-order chi connectivity index (χ1) is 9.16. The van der Waals surface area contributed by atoms with Gasteiger partial charge in [-0.3, -0.25) is 19.3 Å². The van der Waals surface area contributed by atoms with Crippen molar-refractivity contribution in [3.05, 3.63) is 35.9 Å². The Morgan fingerprint density at radius 1 is 1.16 bits per heavy atom. The largest absolute Gasteiger partial charge is 0.334 e. The van der Waals surface area contributed by atoms with E-state index in [1.54, 1.807) is 17.0 Å². The van der Waals surface area contributed by atoms with E-state index in [1.807, 2.05) is 18.2 Å². The number of imide groups is 1. The number of carbonyl (C=O) groups is 3. The number of nitrogens with zero attached hydrogens (tertiary/aromatic N) is 2. The molecule has 0 aromatic heterocycles. The molecule has 3 amide bonds. The van der Waals surface area contributed by atoms with E-state index in [2.05, 4.69) is 0 Å². The van der Waals surface area contributed by atoms with Gasteiger partial charge in [-0.15, -0.1) is 0 Å². The first kappa shape index (κ1) is 12.2. The van der Waals surface area contributed by atoms with Gasteiger partial charge in [0.2, 0.25) is 5.91 Å². The number of likely N-dealkylation sites (tertiary alicyclic amines) is 1. The van der Waals surface area contributed by atoms with Crippen LogP contribution in [0.4, 0.5) is 4.79 Å². The Labute approximate surface area is 114 Å². The first-order valence-electron chi connectivity index (χ1n) is 6.00. The Kier molecular flexibility index (Phi) is 3.02. The number of benzene rings is 1. The van der Waals surface area contributed by atoms with Crippen LogP contribution in [0.25, 0.3) is 0 Å². The summed E-state index contributed by atoms with van der Waals surface area (Å²) in [4.78, 5) is 38.1. The van der Waals surface area contributed by atoms with Crippen LogP contribution in [-0.2, 0) is 4.79 Å². The predicted octanol–water partition coefficient (Wildman–Crippen LogP) is 1.21. The molecule has 0 spiro atoms. The molecule has 19 heavy (non-hydrogen) atoms. The predicted molar refractivity (Wildman–Crippen MR) is 70.8 cm³/mol. The van der Waals surface area contributed by atoms with Gasteiger partial charge < -0.3 is 4.90 Å². The van der Waals surface area contributed by atoms with Gasteiger partial charge in [0.05, 0.1) is 11.8 Å². The summed E-state index contributed by atoms with van der Waals surface area (Å²) in [6.07, 6.45) is 0. The number of hydrogen-bond donors (Lipinski definition) is 0. The van der Waals surface area contributed by atoms with Crippen LogP contribution in [0.3, 0.4) is 0 Å². The van der Waals surface area contributed by atoms with Crippen molar-refractivity contribution in [2.24, 2.45) is 0 Å². The van der Waals surface area contributed by atoms with Crippen molar-refractivity contribution in [2.75, 3.05) is 18.8 Å². The molecule has 2 aliphatic rings. The summed E-state index contributed by atoms with van der Waals surface area (Å²) in [5, 5.41) is -0.193. The van der Waals surface area contributed by atoms with Crippen molar-refractivity contribution in [3.8, 4) is 0 Å². The second-order valence-corrected chi connectivity index (χ2v) is 5.47. The third-order valence-corrected chi connectivity index (χ3v) is 4.15. The molecule has 2 saturated heterocycles. The van der Waals surface area contributed by atoms with E-state index in [0.717, 1.165) is 11.8 Å². The van der Waals surface area contributed by atoms with E-state index in [0.29, 0.717) is 18.7 Å². The monoisotopic (exact) mass is 276 g/mol. The number of amides is 3. The molecule has 0 aliphatic carbocycles. The zero-order chi connectivity index (χ0) is 13.4. The fourth-order valence-electron chi connectivity index (χ4n) is 2.26. The number of rotatable bonds is 2. The lowest BCUT2D eigenvalue weighted by atomic mass is 10.1. The quantitative estimate of drug-likeness (QED) is 0.814. The Hall–Kier alpha value is -1.82. The minimum absolute atomic E-state index is 0.0522. The summed E-state index contributed by atoms with van der Waals surface area (Å²) in [7, 11) is 0. The van der Waals surface area contributed by atoms with Crippen molar-refractivity contribution in [2.45, 2.75) is 6.04 Å². The lowest BCUT2D eigenvalue weighted by molar-refractivity contribution is -0.128. The molecule has 0 bridgehead atoms. The van der Waals surface area contributed by atoms with E-state index in [1.165, 1.54) is 4.90 Å². The van der Waals surface area contributed by atoms with Crippen molar-refractivity contribution in [1.29, 1.82) is 0 Å². The molecular weight excluding hydrogens is 264 g/mol. The van der Waals surface area contributed by atoms with Gasteiger partial charge in [-0.2, -0.15) is 0 Å². The molecule has 1 aromatic carbocycles. The number of hydrogen-bond acceptors (Lipinski definition) is 4. The van der Waals surface area contributed by atoms with Gasteiger partial charge in [0.25, 0.3) is 11.1 Å². The summed E-state index contributed by atoms with van der Waals surface area (Å²) in [6, 6.07) is 8.86. The van der Waals surface area contributed by atoms with Crippen molar-refractivity contribution < 1.29 is 14.4 Å². The van der Waals surface area contributed by atoms with Gasteiger partial charge in [0, 0.05) is 18.7 Å². The van der Waals surface area contributed by atoms with Crippen LogP contribution >= 0.6 is 11.8 Å². The molecule has 2 aliphatic heterocycles. The molecule has 0 atom stereocenters. The minimum atomic E-state index is -0.193. The average Bonchev–Trinajstić information content (AvgIpc) is 2.70. The molecular formula is C13H12N2O3S. The lowest BCUT2D eigenvalue weighted by Crippen LogP contribution is -2.62. The second kappa shape index (κ2) is 4.70. The Balaban J connectivity index is 1.63. The van der Waals surface area contributed by atoms with Crippen LogP contribution < -0.4 is 0 Å². The SMILES string of the molecule is O=C(c1ccccc1)N1CC(N2C(=O)CSC2=O)C1. The van der Waals surface area contributed by atoms with Crippen molar-refractivity contribution >= 4 is 28.8 Å². The molecule has 1 aromatic rings. The highest BCUT2D eigenvalue weighted by molar-refractivity contribution is 8.14. The molecule has 2 fully saturated rings. The zero-order valence-electron chi connectivity index (χ0n) is 10.1. The maximum Gasteiger partial charge on any atom is 0.289 e. The molecule has 2 heterocycles. The van der Waals surface area contributed by atoms with Gasteiger partial charge >= 0.3 is 0 Å². The summed E-state index contributed by atoms with van der Waals surface area (Å²) in [5.41, 5.74) is 0.634. The molecule has 0 N–H and O–H groups in total. The smallest absolute Gasteiger partial charge is 0.289 e. The highest BCUT2D eigenvalue weighted by atomic mass is 32.2. The highest BCUT2D eigenvalue weighted by Gasteiger charge is 2.43. The molecule has 0 saturated carbocycles. The molecule has 3 rings (SSSR count). The fourth-order valence-corrected chi connectivity index (χ4v) is 3.04. The third kappa shape index (κ3) is 2.12. The van der Waals surface area contributed by atoms with Crippen LogP contribution in [0, 0.1) is 0 Å². The van der Waals surface area contributed by atoms with Gasteiger partial charge in [-0.1, -0.05) is 30.0 Å². The van der Waals surface area contributed by atoms with E-state index in [-0.39, 0.29) is 28.8 Å². The molecule has 6 heteroatoms. The molecule has 5 nitrogen and oxygen atoms in total. The van der Waals surface area contributed by atoms with Crippen LogP contribution in [0.15, 0.2) is 30.3 Å². The summed E-state index contributed by atoms with van der Waals surface area (Å²) >= 11 is 1.03. The van der Waals surface area contributed by atoms with Crippen molar-refractivity contribution in [1.82, 2.24) is 9.80 Å². The summed E-state index contributed by atoms with van der Waals surface area (Å²) in [6.45, 7) is 0.873. The average molecular weight is 276 g/mol. The van der Waals surface area contributed by atoms with E-state index in [4.69, 9.17) is 0 Å². The van der Waals surface area contributed by atoms with E-state index < -0.39 is 0 Å². The summed E-state index contributed by atoms with van der Waals surface area (Å²) < 4.78 is 0. The Morgan fingerprint density at radius 2 is 1.84 bits per heavy atom. The maximum atomic E-state index is 12.1. The normalized spacial score (nSPS) is 19.8. The third-order valence-electron chi connectivity index (χ3n) is 3.32. The molecule has 98 valence electrons. The van der Waals surface area contributed by atoms with Crippen molar-refractivity contribution in [3.63, 3.8) is 0 Å². The topological polar surface area (TPSA) is 57.7 Å². The van der Waals surface area contributed by atoms with Crippen LogP contribution in [0.1, 0.15) is 10.4 Å². The maximum absolute atomic E-state index is 12.1. The Morgan fingerprint density at radius 3 is 2.42 bits per heavy atom. The Bertz CT molecular complexity index is 524. The van der Waals surface area contributed by atoms with Crippen LogP contribution in [0.5, 0.6) is 0 Å². The standard InChI is InChI=1S/C13H12N2O3S/c16-11-8-19-13(18)15(11)10-6-14(7-10)12(17)9-4-2-1-3-5-9/h1-5,10H,6-8H2. The lowest BCUT2D eigenvalue weighted by Gasteiger charge is -2.42. The van der Waals surface area contributed by atoms with Gasteiger partial charge in [-0.05, 0) is 12.1 Å². The summed E-state index contributed by atoms with van der Waals surface area (Å²) in [5.74, 6) is 0.0255. The number of carbonyl (C=O) groups excluding carboxylic acids is 3. The van der Waals surface area contributed by atoms with E-state index in [9.17, 15) is 14.4 Å². The fraction of sp³-hybridized carbons (Fsp3) is 0.308. The number of thioether (sulfide) groups is 1.